The van der Waals surface area contributed by atoms with Crippen molar-refractivity contribution in [1.29, 1.82) is 5.41 Å². The SMILES string of the molecule is N=C(N)c1cccc2nnn(C3CC3)c12. The molecule has 76 valence electrons. The van der Waals surface area contributed by atoms with Crippen LogP contribution in [0.2, 0.25) is 0 Å². The van der Waals surface area contributed by atoms with Crippen LogP contribution in [0.15, 0.2) is 18.2 Å². The molecule has 0 aliphatic heterocycles. The van der Waals surface area contributed by atoms with Crippen molar-refractivity contribution in [1.82, 2.24) is 15.0 Å². The average Bonchev–Trinajstić information content (AvgIpc) is 2.97. The third-order valence-corrected chi connectivity index (χ3v) is 2.68. The van der Waals surface area contributed by atoms with E-state index < -0.39 is 0 Å². The summed E-state index contributed by atoms with van der Waals surface area (Å²) in [5.41, 5.74) is 7.98. The number of nitrogens with zero attached hydrogens (tertiary/aromatic N) is 3. The Bertz CT molecular complexity index is 538. The molecule has 1 fully saturated rings. The lowest BCUT2D eigenvalue weighted by molar-refractivity contribution is 0.629. The molecule has 1 aliphatic rings. The monoisotopic (exact) mass is 201 g/mol. The predicted octanol–water partition coefficient (Wildman–Crippen LogP) is 1.05. The van der Waals surface area contributed by atoms with E-state index in [0.29, 0.717) is 6.04 Å². The number of para-hydroxylation sites is 1. The molecule has 3 N–H and O–H groups in total. The molecule has 5 heteroatoms. The Kier molecular flexibility index (Phi) is 1.56. The Morgan fingerprint density at radius 2 is 2.27 bits per heavy atom. The number of nitrogens with one attached hydrogen (secondary N) is 1. The van der Waals surface area contributed by atoms with Crippen molar-refractivity contribution >= 4 is 16.9 Å². The number of fused-ring (bicyclic) bond motifs is 1. The fraction of sp³-hybridized carbons (Fsp3) is 0.300. The molecule has 0 bridgehead atoms. The Balaban J connectivity index is 2.33. The first-order chi connectivity index (χ1) is 7.27. The first-order valence-electron chi connectivity index (χ1n) is 4.95. The predicted molar refractivity (Wildman–Crippen MR) is 56.8 cm³/mol. The maximum absolute atomic E-state index is 7.52. The van der Waals surface area contributed by atoms with Crippen molar-refractivity contribution in [2.24, 2.45) is 5.73 Å². The fourth-order valence-electron chi connectivity index (χ4n) is 1.79. The second-order valence-electron chi connectivity index (χ2n) is 3.85. The molecule has 3 rings (SSSR count). The average molecular weight is 201 g/mol. The van der Waals surface area contributed by atoms with E-state index in [9.17, 15) is 0 Å². The van der Waals surface area contributed by atoms with E-state index in [1.54, 1.807) is 0 Å². The van der Waals surface area contributed by atoms with Gasteiger partial charge in [-0.3, -0.25) is 5.41 Å². The Morgan fingerprint density at radius 1 is 1.47 bits per heavy atom. The number of nitrogens with two attached hydrogens (primary N) is 1. The van der Waals surface area contributed by atoms with Gasteiger partial charge in [-0.25, -0.2) is 4.68 Å². The second-order valence-corrected chi connectivity index (χ2v) is 3.85. The lowest BCUT2D eigenvalue weighted by Crippen LogP contribution is -2.13. The maximum atomic E-state index is 7.52. The molecule has 1 saturated carbocycles. The molecule has 1 aliphatic carbocycles. The standard InChI is InChI=1S/C10H11N5/c11-10(12)7-2-1-3-8-9(7)15(14-13-8)6-4-5-6/h1-3,6H,4-5H2,(H3,11,12). The zero-order chi connectivity index (χ0) is 10.4. The van der Waals surface area contributed by atoms with E-state index >= 15 is 0 Å². The Labute approximate surface area is 86.4 Å². The maximum Gasteiger partial charge on any atom is 0.125 e. The van der Waals surface area contributed by atoms with Gasteiger partial charge >= 0.3 is 0 Å². The Hall–Kier alpha value is -1.91. The molecule has 0 atom stereocenters. The van der Waals surface area contributed by atoms with E-state index in [1.807, 2.05) is 22.9 Å². The summed E-state index contributed by atoms with van der Waals surface area (Å²) in [6.45, 7) is 0. The van der Waals surface area contributed by atoms with Gasteiger partial charge in [0.2, 0.25) is 0 Å². The third kappa shape index (κ3) is 1.20. The minimum Gasteiger partial charge on any atom is -0.384 e. The van der Waals surface area contributed by atoms with Crippen molar-refractivity contribution in [2.45, 2.75) is 18.9 Å². The summed E-state index contributed by atoms with van der Waals surface area (Å²) in [5.74, 6) is 0.0739. The molecule has 0 saturated heterocycles. The van der Waals surface area contributed by atoms with Crippen LogP contribution in [0.5, 0.6) is 0 Å². The first-order valence-corrected chi connectivity index (χ1v) is 4.95. The van der Waals surface area contributed by atoms with Gasteiger partial charge < -0.3 is 5.73 Å². The van der Waals surface area contributed by atoms with Gasteiger partial charge in [0.15, 0.2) is 0 Å². The molecule has 1 heterocycles. The van der Waals surface area contributed by atoms with E-state index in [-0.39, 0.29) is 5.84 Å². The van der Waals surface area contributed by atoms with Gasteiger partial charge in [-0.05, 0) is 25.0 Å². The largest absolute Gasteiger partial charge is 0.384 e. The smallest absolute Gasteiger partial charge is 0.125 e. The van der Waals surface area contributed by atoms with Gasteiger partial charge in [0.05, 0.1) is 11.6 Å². The molecule has 0 amide bonds. The molecule has 0 unspecified atom stereocenters. The zero-order valence-corrected chi connectivity index (χ0v) is 8.14. The van der Waals surface area contributed by atoms with Gasteiger partial charge in [0.1, 0.15) is 11.4 Å². The van der Waals surface area contributed by atoms with Crippen molar-refractivity contribution < 1.29 is 0 Å². The number of benzene rings is 1. The van der Waals surface area contributed by atoms with Crippen molar-refractivity contribution in [3.63, 3.8) is 0 Å². The summed E-state index contributed by atoms with van der Waals surface area (Å²) in [6.07, 6.45) is 2.29. The highest BCUT2D eigenvalue weighted by molar-refractivity contribution is 6.05. The number of amidine groups is 1. The molecular weight excluding hydrogens is 190 g/mol. The zero-order valence-electron chi connectivity index (χ0n) is 8.14. The molecule has 2 aromatic rings. The summed E-state index contributed by atoms with van der Waals surface area (Å²) < 4.78 is 1.89. The summed E-state index contributed by atoms with van der Waals surface area (Å²) in [6, 6.07) is 6.04. The fourth-order valence-corrected chi connectivity index (χ4v) is 1.79. The molecule has 1 aromatic heterocycles. The topological polar surface area (TPSA) is 80.6 Å². The number of hydrogen-bond donors (Lipinski definition) is 2. The highest BCUT2D eigenvalue weighted by Crippen LogP contribution is 2.36. The van der Waals surface area contributed by atoms with Crippen LogP contribution in [-0.2, 0) is 0 Å². The van der Waals surface area contributed by atoms with E-state index in [4.69, 9.17) is 11.1 Å². The van der Waals surface area contributed by atoms with Crippen molar-refractivity contribution in [3.8, 4) is 0 Å². The van der Waals surface area contributed by atoms with Crippen LogP contribution < -0.4 is 5.73 Å². The van der Waals surface area contributed by atoms with Gasteiger partial charge in [-0.2, -0.15) is 0 Å². The van der Waals surface area contributed by atoms with Crippen molar-refractivity contribution in [3.05, 3.63) is 23.8 Å². The highest BCUT2D eigenvalue weighted by Gasteiger charge is 2.27. The van der Waals surface area contributed by atoms with Crippen LogP contribution >= 0.6 is 0 Å². The molecular formula is C10H11N5. The lowest BCUT2D eigenvalue weighted by Gasteiger charge is -2.03. The third-order valence-electron chi connectivity index (χ3n) is 2.68. The molecule has 1 aromatic carbocycles. The van der Waals surface area contributed by atoms with Crippen LogP contribution in [0, 0.1) is 5.41 Å². The lowest BCUT2D eigenvalue weighted by atomic mass is 10.1. The number of nitrogen functional groups attached to an aromatic ring is 1. The van der Waals surface area contributed by atoms with Crippen LogP contribution in [-0.4, -0.2) is 20.8 Å². The van der Waals surface area contributed by atoms with Gasteiger partial charge in [-0.15, -0.1) is 5.10 Å². The van der Waals surface area contributed by atoms with Crippen molar-refractivity contribution in [2.75, 3.05) is 0 Å². The molecule has 15 heavy (non-hydrogen) atoms. The normalized spacial score (nSPS) is 15.7. The molecule has 0 spiro atoms. The minimum absolute atomic E-state index is 0.0739. The van der Waals surface area contributed by atoms with Crippen LogP contribution in [0.1, 0.15) is 24.4 Å². The molecule has 0 radical (unpaired) electrons. The van der Waals surface area contributed by atoms with E-state index in [0.717, 1.165) is 29.4 Å². The summed E-state index contributed by atoms with van der Waals surface area (Å²) in [7, 11) is 0. The number of hydrogen-bond acceptors (Lipinski definition) is 3. The van der Waals surface area contributed by atoms with E-state index in [2.05, 4.69) is 10.3 Å². The first kappa shape index (κ1) is 8.40. The second kappa shape index (κ2) is 2.79. The summed E-state index contributed by atoms with van der Waals surface area (Å²) in [4.78, 5) is 0. The number of rotatable bonds is 2. The van der Waals surface area contributed by atoms with Gasteiger partial charge in [0, 0.05) is 5.56 Å². The Morgan fingerprint density at radius 3 is 2.93 bits per heavy atom. The quantitative estimate of drug-likeness (QED) is 0.563. The van der Waals surface area contributed by atoms with Crippen LogP contribution in [0.4, 0.5) is 0 Å². The van der Waals surface area contributed by atoms with E-state index in [1.165, 1.54) is 0 Å². The number of aromatic nitrogens is 3. The summed E-state index contributed by atoms with van der Waals surface area (Å²) in [5, 5.41) is 15.7. The summed E-state index contributed by atoms with van der Waals surface area (Å²) >= 11 is 0. The minimum atomic E-state index is 0.0739. The van der Waals surface area contributed by atoms with Crippen LogP contribution in [0.25, 0.3) is 11.0 Å². The van der Waals surface area contributed by atoms with Gasteiger partial charge in [-0.1, -0.05) is 11.3 Å². The van der Waals surface area contributed by atoms with Gasteiger partial charge in [0.25, 0.3) is 0 Å². The molecule has 5 nitrogen and oxygen atoms in total. The highest BCUT2D eigenvalue weighted by atomic mass is 15.4. The van der Waals surface area contributed by atoms with Crippen LogP contribution in [0.3, 0.4) is 0 Å².